The van der Waals surface area contributed by atoms with Crippen LogP contribution in [-0.2, 0) is 34.2 Å². The number of carbonyl (C=O) groups excluding carboxylic acids is 9. The van der Waals surface area contributed by atoms with Crippen LogP contribution in [0.25, 0.3) is 0 Å². The van der Waals surface area contributed by atoms with Gasteiger partial charge in [0.05, 0.1) is 53.2 Å². The van der Waals surface area contributed by atoms with Crippen molar-refractivity contribution in [2.45, 2.75) is 145 Å². The predicted molar refractivity (Wildman–Crippen MR) is 557 cm³/mol. The summed E-state index contributed by atoms with van der Waals surface area (Å²) in [7, 11) is 0. The zero-order valence-corrected chi connectivity index (χ0v) is 85.4. The maximum Gasteiger partial charge on any atom is 0.416 e. The van der Waals surface area contributed by atoms with E-state index in [0.717, 1.165) is 69.2 Å². The number of halogens is 15. The molecule has 12 aromatic rings. The average molecular weight is 2170 g/mol. The molecule has 0 aliphatic heterocycles. The van der Waals surface area contributed by atoms with Gasteiger partial charge in [0.25, 0.3) is 23.6 Å². The molecule has 4 aromatic heterocycles. The minimum Gasteiger partial charge on any atom is -0.460 e. The number of nitrogens with two attached hydrogens (primary N) is 2. The van der Waals surface area contributed by atoms with E-state index in [4.69, 9.17) is 44.3 Å². The molecule has 12 N–H and O–H groups in total. The largest absolute Gasteiger partial charge is 0.460 e. The summed E-state index contributed by atoms with van der Waals surface area (Å²) in [5.41, 5.74) is 13.3. The van der Waals surface area contributed by atoms with Crippen molar-refractivity contribution in [2.24, 2.45) is 11.5 Å². The van der Waals surface area contributed by atoms with E-state index < -0.39 is 137 Å². The van der Waals surface area contributed by atoms with Crippen molar-refractivity contribution in [2.75, 3.05) is 21.3 Å². The monoisotopic (exact) mass is 2160 g/mol. The van der Waals surface area contributed by atoms with Crippen molar-refractivity contribution < 1.29 is 101 Å². The van der Waals surface area contributed by atoms with Crippen LogP contribution < -0.4 is 32.7 Å². The minimum absolute atomic E-state index is 0. The molecule has 39 heteroatoms. The zero-order chi connectivity index (χ0) is 110. The first-order valence-electron chi connectivity index (χ1n) is 44.2. The summed E-state index contributed by atoms with van der Waals surface area (Å²) in [4.78, 5) is 128. The topological polar surface area (TPSA) is 410 Å². The first-order valence-corrected chi connectivity index (χ1v) is 45.0. The maximum atomic E-state index is 13.4. The Kier molecular flexibility index (Phi) is 43.8. The number of aromatic nitrogens is 4. The Bertz CT molecular complexity index is 6980. The molecule has 8 aromatic carbocycles. The number of alkyl halides is 12. The van der Waals surface area contributed by atoms with E-state index in [-0.39, 0.29) is 93.1 Å². The highest BCUT2D eigenvalue weighted by molar-refractivity contribution is 9.10. The van der Waals surface area contributed by atoms with Gasteiger partial charge in [0.15, 0.2) is 23.1 Å². The van der Waals surface area contributed by atoms with Gasteiger partial charge >= 0.3 is 30.7 Å². The second-order valence-electron chi connectivity index (χ2n) is 34.2. The molecule has 0 unspecified atom stereocenters. The quantitative estimate of drug-likeness (QED) is 0.00752. The minimum atomic E-state index is -4.69. The van der Waals surface area contributed by atoms with Crippen LogP contribution in [0, 0.1) is 125 Å². The standard InChI is InChI=1S/C27H22F3N3O2.2C26H21F3N4O2.C18H18F3NO3.C14H13BrN2O.2ClH/c1-16-7-8-19(14-23(16)26(35)33-25-6-4-5-18(3)32-25)9-10-20-12-21(24(34)11-17(2)31)15-22(13-20)27(28,29)30;2*1-15-6-7-17(12-21(15)25(35)33-24-5-3-4-16(2)32-24)8-9-18-10-19(22(34)14-23(30)31)13-20(11-18)26(27,28)29;1-5-11-6-12(8-13(7-11)18(19,20)21)15(23)9-14(22)10-16(24)25-17(2,3)4;1-9-6-7-11(15)8-12(9)14(18)17-13-5-3-4-10(2)16-13;;/h4-8,12-15,31H,11H2,1-3H3,(H,32,33,35);2*3-7,10-13H,14H2,1-2H3,(H3,30,31)(H,32,33,35);1,6-8,22H,9-10H2,2-4H3;3-8H,1-2H3,(H,16,17,18);2*1H. The van der Waals surface area contributed by atoms with Gasteiger partial charge in [-0.15, -0.1) is 31.2 Å². The number of hydrogen-bond acceptors (Lipinski definition) is 18. The Hall–Kier alpha value is -16.9. The molecule has 0 aliphatic carbocycles. The molecule has 24 nitrogen and oxygen atoms in total. The van der Waals surface area contributed by atoms with Gasteiger partial charge in [-0.25, -0.2) is 19.9 Å². The second kappa shape index (κ2) is 54.0. The number of amides is 4. The van der Waals surface area contributed by atoms with Crippen molar-refractivity contribution in [3.8, 4) is 47.9 Å². The summed E-state index contributed by atoms with van der Waals surface area (Å²) >= 11 is 3.37. The number of nitrogens with zero attached hydrogens (tertiary/aromatic N) is 4. The van der Waals surface area contributed by atoms with E-state index in [1.54, 1.807) is 172 Å². The first kappa shape index (κ1) is 122. The highest BCUT2D eigenvalue weighted by Gasteiger charge is 2.36. The summed E-state index contributed by atoms with van der Waals surface area (Å²) in [6.07, 6.45) is -15.8. The second-order valence-corrected chi connectivity index (χ2v) is 35.1. The number of Topliss-reactive ketones (excluding diaryl/α,β-unsaturated/α-hetero) is 4. The number of hydrogen-bond donors (Lipinski definition) is 10. The van der Waals surface area contributed by atoms with Gasteiger partial charge < -0.3 is 48.3 Å². The molecule has 4 heterocycles. The molecule has 0 atom stereocenters. The van der Waals surface area contributed by atoms with Gasteiger partial charge in [0.1, 0.15) is 28.9 Å². The number of anilines is 4. The van der Waals surface area contributed by atoms with Crippen LogP contribution in [0.1, 0.15) is 249 Å². The third-order valence-electron chi connectivity index (χ3n) is 20.2. The fourth-order valence-corrected chi connectivity index (χ4v) is 13.6. The van der Waals surface area contributed by atoms with E-state index >= 15 is 0 Å². The fourth-order valence-electron chi connectivity index (χ4n) is 13.2. The number of benzene rings is 8. The van der Waals surface area contributed by atoms with Crippen LogP contribution in [0.2, 0.25) is 0 Å². The molecule has 776 valence electrons. The summed E-state index contributed by atoms with van der Waals surface area (Å²) in [6.45, 7) is 20.8. The van der Waals surface area contributed by atoms with Crippen molar-refractivity contribution in [3.05, 3.63) is 374 Å². The fraction of sp³-hybridized carbons (Fsp3) is 0.198. The number of ketones is 4. The SMILES string of the molecule is C#Cc1cc(C(=O)CC(=N)CC(=O)OC(C)(C)C)cc(C(F)(F)F)c1.CC(=N)CC(=O)c1cc(C#Cc2ccc(C)c(C(=O)Nc3cccc(C)n3)c2)cc(C(F)(F)F)c1.Cc1cccc(NC(=O)c2cc(Br)ccc2C)n1.Cc1cccc(NC(=O)c2cc(C#Cc3cc(C(=O)CC(=N)N)cc(C(F)(F)F)c3)ccc2C)n1.Cc1cccc(NC(=O)c2cc(C#Cc3cc(C(=O)CC(=N)N)cc(C(F)(F)F)c3)ccc2C)n1.Cl.Cl. The van der Waals surface area contributed by atoms with Crippen molar-refractivity contribution in [1.29, 1.82) is 21.6 Å². The Labute approximate surface area is 876 Å². The average Bonchev–Trinajstić information content (AvgIpc) is 0.841. The number of amidine groups is 2. The van der Waals surface area contributed by atoms with Crippen molar-refractivity contribution in [3.63, 3.8) is 0 Å². The lowest BCUT2D eigenvalue weighted by Crippen LogP contribution is -2.25. The van der Waals surface area contributed by atoms with E-state index in [1.807, 2.05) is 38.1 Å². The third-order valence-corrected chi connectivity index (χ3v) is 20.7. The number of ether oxygens (including phenoxy) is 1. The van der Waals surface area contributed by atoms with Crippen LogP contribution in [0.5, 0.6) is 0 Å². The van der Waals surface area contributed by atoms with Crippen LogP contribution in [-0.4, -0.2) is 101 Å². The molecule has 0 spiro atoms. The number of carbonyl (C=O) groups is 9. The lowest BCUT2D eigenvalue weighted by molar-refractivity contribution is -0.153. The Morgan fingerprint density at radius 3 is 0.853 bits per heavy atom. The molecule has 12 rings (SSSR count). The van der Waals surface area contributed by atoms with Gasteiger partial charge in [0.2, 0.25) is 0 Å². The smallest absolute Gasteiger partial charge is 0.416 e. The summed E-state index contributed by atoms with van der Waals surface area (Å²) in [6, 6.07) is 52.5. The highest BCUT2D eigenvalue weighted by Crippen LogP contribution is 2.36. The number of nitrogens with one attached hydrogen (secondary N) is 8. The van der Waals surface area contributed by atoms with Gasteiger partial charge in [-0.05, 0) is 275 Å². The summed E-state index contributed by atoms with van der Waals surface area (Å²) < 4.78 is 165. The van der Waals surface area contributed by atoms with Crippen molar-refractivity contribution >= 4 is 140 Å². The number of terminal acetylenes is 1. The summed E-state index contributed by atoms with van der Waals surface area (Å²) in [5, 5.41) is 40.5. The maximum absolute atomic E-state index is 13.4. The van der Waals surface area contributed by atoms with Crippen LogP contribution in [0.4, 0.5) is 76.0 Å². The molecular weight excluding hydrogens is 2070 g/mol. The first-order chi connectivity index (χ1) is 69.1. The number of rotatable bonds is 22. The summed E-state index contributed by atoms with van der Waals surface area (Å²) in [5.74, 6) is 14.3. The van der Waals surface area contributed by atoms with Gasteiger partial charge in [-0.1, -0.05) is 106 Å². The zero-order valence-electron chi connectivity index (χ0n) is 82.2. The molecule has 0 fully saturated rings. The molecule has 0 aliphatic rings. The molecule has 4 amide bonds. The Morgan fingerprint density at radius 1 is 0.340 bits per heavy atom. The highest BCUT2D eigenvalue weighted by atomic mass is 79.9. The van der Waals surface area contributed by atoms with E-state index in [0.29, 0.717) is 97.1 Å². The van der Waals surface area contributed by atoms with Gasteiger partial charge in [0, 0.05) is 135 Å². The Morgan fingerprint density at radius 2 is 0.593 bits per heavy atom. The molecule has 0 saturated heterocycles. The Balaban J connectivity index is 0.000000290. The van der Waals surface area contributed by atoms with E-state index in [1.165, 1.54) is 37.3 Å². The molecule has 0 bridgehead atoms. The van der Waals surface area contributed by atoms with E-state index in [2.05, 4.69) is 98.6 Å². The van der Waals surface area contributed by atoms with Crippen LogP contribution in [0.3, 0.4) is 0 Å². The normalized spacial score (nSPS) is 10.7. The van der Waals surface area contributed by atoms with Crippen molar-refractivity contribution in [1.82, 2.24) is 19.9 Å². The van der Waals surface area contributed by atoms with E-state index in [9.17, 15) is 95.8 Å². The molecule has 0 radical (unpaired) electrons. The lowest BCUT2D eigenvalue weighted by Gasteiger charge is -2.19. The van der Waals surface area contributed by atoms with Crippen LogP contribution in [0.15, 0.2) is 223 Å². The number of aryl methyl sites for hydroxylation is 8. The number of esters is 1. The van der Waals surface area contributed by atoms with Gasteiger partial charge in [-0.3, -0.25) is 54.0 Å². The number of pyridine rings is 4. The lowest BCUT2D eigenvalue weighted by atomic mass is 9.99. The molecular formula is C111H97BrCl2F12N14O10. The third kappa shape index (κ3) is 39.5. The predicted octanol–water partition coefficient (Wildman–Crippen LogP) is 24.3. The molecule has 0 saturated carbocycles. The van der Waals surface area contributed by atoms with Gasteiger partial charge in [-0.2, -0.15) is 52.7 Å². The molecule has 150 heavy (non-hydrogen) atoms. The van der Waals surface area contributed by atoms with Crippen LogP contribution >= 0.6 is 40.7 Å².